The van der Waals surface area contributed by atoms with Gasteiger partial charge in [-0.3, -0.25) is 0 Å². The van der Waals surface area contributed by atoms with Crippen molar-refractivity contribution >= 4 is 6.09 Å². The molecule has 3 N–H and O–H groups in total. The Morgan fingerprint density at radius 3 is 2.38 bits per heavy atom. The highest BCUT2D eigenvalue weighted by Gasteiger charge is 2.55. The first kappa shape index (κ1) is 10.4. The maximum atomic E-state index is 10.8. The second kappa shape index (κ2) is 3.36. The summed E-state index contributed by atoms with van der Waals surface area (Å²) in [5.74, 6) is 1.67. The third-order valence-corrected chi connectivity index (χ3v) is 5.03. The Kier molecular flexibility index (Phi) is 2.18. The molecule has 4 saturated carbocycles. The first-order chi connectivity index (χ1) is 7.62. The summed E-state index contributed by atoms with van der Waals surface area (Å²) in [7, 11) is 0. The normalized spacial score (nSPS) is 49.3. The van der Waals surface area contributed by atoms with Crippen LogP contribution in [-0.4, -0.2) is 29.0 Å². The molecule has 90 valence electrons. The van der Waals surface area contributed by atoms with E-state index in [9.17, 15) is 9.90 Å². The van der Waals surface area contributed by atoms with Gasteiger partial charge in [-0.25, -0.2) is 4.79 Å². The third kappa shape index (κ3) is 1.43. The molecule has 0 aromatic carbocycles. The van der Waals surface area contributed by atoms with E-state index < -0.39 is 6.09 Å². The Morgan fingerprint density at radius 1 is 1.25 bits per heavy atom. The van der Waals surface area contributed by atoms with Gasteiger partial charge in [0.2, 0.25) is 0 Å². The molecule has 4 aliphatic carbocycles. The summed E-state index contributed by atoms with van der Waals surface area (Å²) in [6.45, 7) is 0.288. The first-order valence-corrected chi connectivity index (χ1v) is 6.22. The molecule has 4 bridgehead atoms. The molecule has 1 amide bonds. The van der Waals surface area contributed by atoms with Gasteiger partial charge in [0.1, 0.15) is 0 Å². The largest absolute Gasteiger partial charge is 0.465 e. The number of aliphatic hydroxyl groups is 1. The molecule has 0 aliphatic heterocycles. The molecule has 4 fully saturated rings. The number of carboxylic acid groups (broad SMARTS) is 1. The number of hydrogen-bond donors (Lipinski definition) is 3. The predicted octanol–water partition coefficient (Wildman–Crippen LogP) is 1.44. The number of aliphatic hydroxyl groups excluding tert-OH is 1. The third-order valence-electron chi connectivity index (χ3n) is 5.03. The van der Waals surface area contributed by atoms with Gasteiger partial charge in [0, 0.05) is 12.6 Å². The SMILES string of the molecule is O=C(O)NC1C2CC3CC1CC(CO)(C3)C2. The zero-order valence-electron chi connectivity index (χ0n) is 9.35. The van der Waals surface area contributed by atoms with Crippen molar-refractivity contribution in [3.63, 3.8) is 0 Å². The average Bonchev–Trinajstić information content (AvgIpc) is 2.22. The van der Waals surface area contributed by atoms with E-state index in [1.54, 1.807) is 0 Å². The van der Waals surface area contributed by atoms with Crippen molar-refractivity contribution in [3.05, 3.63) is 0 Å². The lowest BCUT2D eigenvalue weighted by Crippen LogP contribution is -2.59. The zero-order valence-corrected chi connectivity index (χ0v) is 9.35. The van der Waals surface area contributed by atoms with E-state index in [2.05, 4.69) is 5.32 Å². The lowest BCUT2D eigenvalue weighted by Gasteiger charge is -2.59. The Morgan fingerprint density at radius 2 is 1.88 bits per heavy atom. The minimum atomic E-state index is -0.893. The molecule has 0 saturated heterocycles. The lowest BCUT2D eigenvalue weighted by molar-refractivity contribution is -0.0973. The number of rotatable bonds is 2. The van der Waals surface area contributed by atoms with Crippen LogP contribution >= 0.6 is 0 Å². The molecule has 4 nitrogen and oxygen atoms in total. The van der Waals surface area contributed by atoms with Gasteiger partial charge in [0.25, 0.3) is 0 Å². The van der Waals surface area contributed by atoms with Gasteiger partial charge in [-0.15, -0.1) is 0 Å². The maximum Gasteiger partial charge on any atom is 0.404 e. The molecule has 16 heavy (non-hydrogen) atoms. The molecule has 0 spiro atoms. The Balaban J connectivity index is 1.81. The number of nitrogens with one attached hydrogen (secondary N) is 1. The van der Waals surface area contributed by atoms with Crippen molar-refractivity contribution in [2.24, 2.45) is 23.2 Å². The fourth-order valence-corrected chi connectivity index (χ4v) is 4.76. The summed E-state index contributed by atoms with van der Waals surface area (Å²) in [5.41, 5.74) is 0.132. The van der Waals surface area contributed by atoms with E-state index in [0.717, 1.165) is 38.0 Å². The van der Waals surface area contributed by atoms with Gasteiger partial charge >= 0.3 is 6.09 Å². The van der Waals surface area contributed by atoms with Crippen molar-refractivity contribution in [1.82, 2.24) is 5.32 Å². The molecule has 4 heteroatoms. The van der Waals surface area contributed by atoms with Gasteiger partial charge < -0.3 is 15.5 Å². The number of hydrogen-bond acceptors (Lipinski definition) is 2. The summed E-state index contributed by atoms with van der Waals surface area (Å²) in [4.78, 5) is 10.8. The van der Waals surface area contributed by atoms with Crippen molar-refractivity contribution in [2.45, 2.75) is 38.1 Å². The fraction of sp³-hybridized carbons (Fsp3) is 0.917. The van der Waals surface area contributed by atoms with Gasteiger partial charge in [-0.1, -0.05) is 0 Å². The molecule has 2 atom stereocenters. The summed E-state index contributed by atoms with van der Waals surface area (Å²) >= 11 is 0. The zero-order chi connectivity index (χ0) is 11.3. The second-order valence-electron chi connectivity index (χ2n) is 6.10. The molecule has 0 aromatic rings. The molecule has 4 rings (SSSR count). The molecule has 0 radical (unpaired) electrons. The Labute approximate surface area is 95.0 Å². The molecule has 0 aromatic heterocycles. The van der Waals surface area contributed by atoms with Crippen LogP contribution in [-0.2, 0) is 0 Å². The van der Waals surface area contributed by atoms with Crippen LogP contribution in [0.3, 0.4) is 0 Å². The maximum absolute atomic E-state index is 10.8. The van der Waals surface area contributed by atoms with Crippen LogP contribution in [0.5, 0.6) is 0 Å². The van der Waals surface area contributed by atoms with E-state index >= 15 is 0 Å². The van der Waals surface area contributed by atoms with Crippen molar-refractivity contribution in [3.8, 4) is 0 Å². The van der Waals surface area contributed by atoms with Gasteiger partial charge in [0.15, 0.2) is 0 Å². The van der Waals surface area contributed by atoms with E-state index in [0.29, 0.717) is 11.8 Å². The highest BCUT2D eigenvalue weighted by molar-refractivity contribution is 5.65. The van der Waals surface area contributed by atoms with Crippen LogP contribution in [0.15, 0.2) is 0 Å². The monoisotopic (exact) mass is 225 g/mol. The quantitative estimate of drug-likeness (QED) is 0.666. The summed E-state index contributed by atoms with van der Waals surface area (Å²) in [5, 5.41) is 21.1. The van der Waals surface area contributed by atoms with E-state index in [-0.39, 0.29) is 18.1 Å². The second-order valence-corrected chi connectivity index (χ2v) is 6.10. The topological polar surface area (TPSA) is 69.6 Å². The summed E-state index contributed by atoms with van der Waals surface area (Å²) in [6.07, 6.45) is 4.61. The van der Waals surface area contributed by atoms with Crippen LogP contribution in [0.2, 0.25) is 0 Å². The van der Waals surface area contributed by atoms with Crippen LogP contribution in [0.1, 0.15) is 32.1 Å². The minimum Gasteiger partial charge on any atom is -0.465 e. The van der Waals surface area contributed by atoms with Crippen LogP contribution in [0, 0.1) is 23.2 Å². The highest BCUT2D eigenvalue weighted by atomic mass is 16.4. The number of carbonyl (C=O) groups is 1. The van der Waals surface area contributed by atoms with Crippen molar-refractivity contribution in [1.29, 1.82) is 0 Å². The predicted molar refractivity (Wildman–Crippen MR) is 58.0 cm³/mol. The van der Waals surface area contributed by atoms with Crippen LogP contribution in [0.25, 0.3) is 0 Å². The van der Waals surface area contributed by atoms with Crippen molar-refractivity contribution in [2.75, 3.05) is 6.61 Å². The van der Waals surface area contributed by atoms with E-state index in [1.165, 1.54) is 0 Å². The smallest absolute Gasteiger partial charge is 0.404 e. The fourth-order valence-electron chi connectivity index (χ4n) is 4.76. The Bertz CT molecular complexity index is 301. The van der Waals surface area contributed by atoms with Gasteiger partial charge in [-0.2, -0.15) is 0 Å². The van der Waals surface area contributed by atoms with Crippen molar-refractivity contribution < 1.29 is 15.0 Å². The average molecular weight is 225 g/mol. The minimum absolute atomic E-state index is 0.132. The molecule has 0 heterocycles. The summed E-state index contributed by atoms with van der Waals surface area (Å²) in [6, 6.07) is 0.147. The van der Waals surface area contributed by atoms with Crippen LogP contribution < -0.4 is 5.32 Å². The lowest BCUT2D eigenvalue weighted by atomic mass is 9.48. The molecular weight excluding hydrogens is 206 g/mol. The number of amides is 1. The van der Waals surface area contributed by atoms with Gasteiger partial charge in [-0.05, 0) is 55.3 Å². The summed E-state index contributed by atoms with van der Waals surface area (Å²) < 4.78 is 0. The molecular formula is C12H19NO3. The highest BCUT2D eigenvalue weighted by Crippen LogP contribution is 2.59. The standard InChI is InChI=1S/C12H19NO3/c14-6-12-3-7-1-8(4-12)10(13-11(15)16)9(2-7)5-12/h7-10,13-14H,1-6H2,(H,15,16). The van der Waals surface area contributed by atoms with Gasteiger partial charge in [0.05, 0.1) is 0 Å². The van der Waals surface area contributed by atoms with E-state index in [4.69, 9.17) is 5.11 Å². The van der Waals surface area contributed by atoms with E-state index in [1.807, 2.05) is 0 Å². The molecule has 2 unspecified atom stereocenters. The Hall–Kier alpha value is -0.770. The molecule has 4 aliphatic rings. The van der Waals surface area contributed by atoms with Crippen LogP contribution in [0.4, 0.5) is 4.79 Å². The first-order valence-electron chi connectivity index (χ1n) is 6.22.